The molecule has 2 aromatic rings. The van der Waals surface area contributed by atoms with E-state index in [0.29, 0.717) is 6.42 Å². The monoisotopic (exact) mass is 217 g/mol. The van der Waals surface area contributed by atoms with Gasteiger partial charge in [-0.3, -0.25) is 4.98 Å². The SMILES string of the molecule is CCC(O)C(O)c1cccc2ncccc12. The van der Waals surface area contributed by atoms with E-state index in [1.807, 2.05) is 37.3 Å². The lowest BCUT2D eigenvalue weighted by Gasteiger charge is -2.18. The van der Waals surface area contributed by atoms with E-state index in [1.54, 1.807) is 6.20 Å². The quantitative estimate of drug-likeness (QED) is 0.827. The van der Waals surface area contributed by atoms with Crippen LogP contribution in [-0.2, 0) is 0 Å². The zero-order valence-corrected chi connectivity index (χ0v) is 9.17. The summed E-state index contributed by atoms with van der Waals surface area (Å²) in [6.07, 6.45) is 0.663. The lowest BCUT2D eigenvalue weighted by atomic mass is 9.98. The predicted molar refractivity (Wildman–Crippen MR) is 63.0 cm³/mol. The molecule has 3 nitrogen and oxygen atoms in total. The zero-order chi connectivity index (χ0) is 11.5. The number of aliphatic hydroxyl groups is 2. The number of nitrogens with zero attached hydrogens (tertiary/aromatic N) is 1. The fraction of sp³-hybridized carbons (Fsp3) is 0.308. The Kier molecular flexibility index (Phi) is 3.17. The average Bonchev–Trinajstić information content (AvgIpc) is 2.36. The van der Waals surface area contributed by atoms with Crippen LogP contribution in [0.2, 0.25) is 0 Å². The Morgan fingerprint density at radius 3 is 2.75 bits per heavy atom. The molecule has 0 fully saturated rings. The molecule has 2 unspecified atom stereocenters. The molecule has 2 rings (SSSR count). The Bertz CT molecular complexity index is 479. The van der Waals surface area contributed by atoms with Gasteiger partial charge >= 0.3 is 0 Å². The number of rotatable bonds is 3. The number of hydrogen-bond donors (Lipinski definition) is 2. The minimum Gasteiger partial charge on any atom is -0.390 e. The zero-order valence-electron chi connectivity index (χ0n) is 9.17. The van der Waals surface area contributed by atoms with E-state index in [9.17, 15) is 10.2 Å². The van der Waals surface area contributed by atoms with Crippen molar-refractivity contribution in [1.29, 1.82) is 0 Å². The molecule has 0 saturated heterocycles. The lowest BCUT2D eigenvalue weighted by molar-refractivity contribution is 0.0173. The van der Waals surface area contributed by atoms with E-state index in [1.165, 1.54) is 0 Å². The molecule has 0 aliphatic carbocycles. The number of aliphatic hydroxyl groups excluding tert-OH is 2. The minimum atomic E-state index is -0.849. The van der Waals surface area contributed by atoms with Crippen molar-refractivity contribution in [2.24, 2.45) is 0 Å². The summed E-state index contributed by atoms with van der Waals surface area (Å²) in [4.78, 5) is 4.22. The van der Waals surface area contributed by atoms with E-state index in [0.717, 1.165) is 16.5 Å². The second kappa shape index (κ2) is 4.60. The van der Waals surface area contributed by atoms with Gasteiger partial charge in [-0.25, -0.2) is 0 Å². The highest BCUT2D eigenvalue weighted by Gasteiger charge is 2.18. The van der Waals surface area contributed by atoms with Crippen LogP contribution < -0.4 is 0 Å². The first kappa shape index (κ1) is 11.0. The Balaban J connectivity index is 2.52. The maximum Gasteiger partial charge on any atom is 0.105 e. The van der Waals surface area contributed by atoms with Gasteiger partial charge < -0.3 is 10.2 Å². The summed E-state index contributed by atoms with van der Waals surface area (Å²) in [5.74, 6) is 0. The van der Waals surface area contributed by atoms with Crippen LogP contribution >= 0.6 is 0 Å². The Labute approximate surface area is 94.4 Å². The minimum absolute atomic E-state index is 0.526. The topological polar surface area (TPSA) is 53.4 Å². The Morgan fingerprint density at radius 2 is 2.00 bits per heavy atom. The van der Waals surface area contributed by atoms with Gasteiger partial charge in [0.25, 0.3) is 0 Å². The van der Waals surface area contributed by atoms with Crippen LogP contribution in [0.3, 0.4) is 0 Å². The van der Waals surface area contributed by atoms with E-state index in [2.05, 4.69) is 4.98 Å². The summed E-state index contributed by atoms with van der Waals surface area (Å²) < 4.78 is 0. The maximum atomic E-state index is 10.0. The van der Waals surface area contributed by atoms with Crippen molar-refractivity contribution >= 4 is 10.9 Å². The molecule has 0 amide bonds. The lowest BCUT2D eigenvalue weighted by Crippen LogP contribution is -2.17. The summed E-state index contributed by atoms with van der Waals surface area (Å²) in [5.41, 5.74) is 1.57. The molecule has 84 valence electrons. The number of pyridine rings is 1. The summed E-state index contributed by atoms with van der Waals surface area (Å²) in [5, 5.41) is 20.6. The molecule has 1 aromatic carbocycles. The third-order valence-electron chi connectivity index (χ3n) is 2.78. The summed E-state index contributed by atoms with van der Waals surface area (Å²) in [6, 6.07) is 9.30. The molecule has 1 heterocycles. The molecular formula is C13H15NO2. The van der Waals surface area contributed by atoms with Gasteiger partial charge in [-0.15, -0.1) is 0 Å². The molecular weight excluding hydrogens is 202 g/mol. The van der Waals surface area contributed by atoms with Crippen molar-refractivity contribution in [1.82, 2.24) is 4.98 Å². The van der Waals surface area contributed by atoms with Crippen LogP contribution in [0.1, 0.15) is 25.0 Å². The molecule has 0 aliphatic heterocycles. The first-order chi connectivity index (χ1) is 7.74. The molecule has 0 aliphatic rings. The van der Waals surface area contributed by atoms with Crippen LogP contribution in [0.25, 0.3) is 10.9 Å². The third kappa shape index (κ3) is 1.92. The second-order valence-electron chi connectivity index (χ2n) is 3.84. The summed E-state index contributed by atoms with van der Waals surface area (Å²) in [6.45, 7) is 1.84. The van der Waals surface area contributed by atoms with Crippen LogP contribution in [0.5, 0.6) is 0 Å². The van der Waals surface area contributed by atoms with Gasteiger partial charge in [-0.05, 0) is 24.1 Å². The van der Waals surface area contributed by atoms with Crippen molar-refractivity contribution in [3.63, 3.8) is 0 Å². The highest BCUT2D eigenvalue weighted by atomic mass is 16.3. The van der Waals surface area contributed by atoms with Gasteiger partial charge in [-0.1, -0.05) is 25.1 Å². The standard InChI is InChI=1S/C13H15NO2/c1-2-12(15)13(16)10-5-3-7-11-9(10)6-4-8-14-11/h3-8,12-13,15-16H,2H2,1H3. The van der Waals surface area contributed by atoms with Gasteiger partial charge in [0, 0.05) is 11.6 Å². The Morgan fingerprint density at radius 1 is 1.19 bits per heavy atom. The number of hydrogen-bond acceptors (Lipinski definition) is 3. The second-order valence-corrected chi connectivity index (χ2v) is 3.84. The summed E-state index contributed by atoms with van der Waals surface area (Å²) >= 11 is 0. The highest BCUT2D eigenvalue weighted by molar-refractivity contribution is 5.82. The number of aromatic nitrogens is 1. The van der Waals surface area contributed by atoms with E-state index >= 15 is 0 Å². The van der Waals surface area contributed by atoms with Crippen molar-refractivity contribution in [3.05, 3.63) is 42.1 Å². The third-order valence-corrected chi connectivity index (χ3v) is 2.78. The van der Waals surface area contributed by atoms with Crippen LogP contribution in [0, 0.1) is 0 Å². The molecule has 16 heavy (non-hydrogen) atoms. The number of fused-ring (bicyclic) bond motifs is 1. The van der Waals surface area contributed by atoms with Crippen molar-refractivity contribution < 1.29 is 10.2 Å². The molecule has 3 heteroatoms. The van der Waals surface area contributed by atoms with Crippen molar-refractivity contribution in [3.8, 4) is 0 Å². The maximum absolute atomic E-state index is 10.0. The molecule has 0 radical (unpaired) electrons. The van der Waals surface area contributed by atoms with Gasteiger partial charge in [0.1, 0.15) is 6.10 Å². The fourth-order valence-corrected chi connectivity index (χ4v) is 1.82. The molecule has 0 spiro atoms. The van der Waals surface area contributed by atoms with Crippen LogP contribution in [-0.4, -0.2) is 21.3 Å². The fourth-order valence-electron chi connectivity index (χ4n) is 1.82. The summed E-state index contributed by atoms with van der Waals surface area (Å²) in [7, 11) is 0. The molecule has 0 bridgehead atoms. The predicted octanol–water partition coefficient (Wildman–Crippen LogP) is 2.04. The molecule has 0 saturated carbocycles. The Hall–Kier alpha value is -1.45. The van der Waals surface area contributed by atoms with Gasteiger partial charge in [-0.2, -0.15) is 0 Å². The normalized spacial score (nSPS) is 14.9. The molecule has 2 N–H and O–H groups in total. The molecule has 2 atom stereocenters. The molecule has 1 aromatic heterocycles. The van der Waals surface area contributed by atoms with Gasteiger partial charge in [0.2, 0.25) is 0 Å². The van der Waals surface area contributed by atoms with E-state index in [4.69, 9.17) is 0 Å². The first-order valence-electron chi connectivity index (χ1n) is 5.43. The van der Waals surface area contributed by atoms with Gasteiger partial charge in [0.15, 0.2) is 0 Å². The van der Waals surface area contributed by atoms with E-state index in [-0.39, 0.29) is 0 Å². The van der Waals surface area contributed by atoms with Crippen LogP contribution in [0.15, 0.2) is 36.5 Å². The largest absolute Gasteiger partial charge is 0.390 e. The van der Waals surface area contributed by atoms with Crippen molar-refractivity contribution in [2.75, 3.05) is 0 Å². The number of benzene rings is 1. The van der Waals surface area contributed by atoms with Crippen molar-refractivity contribution in [2.45, 2.75) is 25.6 Å². The first-order valence-corrected chi connectivity index (χ1v) is 5.43. The average molecular weight is 217 g/mol. The van der Waals surface area contributed by atoms with Crippen LogP contribution in [0.4, 0.5) is 0 Å². The van der Waals surface area contributed by atoms with Gasteiger partial charge in [0.05, 0.1) is 11.6 Å². The highest BCUT2D eigenvalue weighted by Crippen LogP contribution is 2.25. The van der Waals surface area contributed by atoms with E-state index < -0.39 is 12.2 Å². The smallest absolute Gasteiger partial charge is 0.105 e.